The van der Waals surface area contributed by atoms with E-state index in [1.165, 1.54) is 31.2 Å². The highest BCUT2D eigenvalue weighted by Crippen LogP contribution is 2.45. The molecule has 1 fully saturated rings. The third kappa shape index (κ3) is 2.21. The minimum atomic E-state index is 0.281. The van der Waals surface area contributed by atoms with Gasteiger partial charge < -0.3 is 0 Å². The Morgan fingerprint density at radius 3 is 2.33 bits per heavy atom. The van der Waals surface area contributed by atoms with Gasteiger partial charge in [-0.05, 0) is 37.4 Å². The third-order valence-electron chi connectivity index (χ3n) is 4.86. The van der Waals surface area contributed by atoms with Gasteiger partial charge in [0.1, 0.15) is 0 Å². The maximum Gasteiger partial charge on any atom is 0.0485 e. The van der Waals surface area contributed by atoms with E-state index in [4.69, 9.17) is 0 Å². The summed E-state index contributed by atoms with van der Waals surface area (Å²) >= 11 is 0. The Labute approximate surface area is 112 Å². The fraction of sp³-hybridized carbons (Fsp3) is 0.647. The van der Waals surface area contributed by atoms with E-state index in [9.17, 15) is 0 Å². The molecule has 0 heterocycles. The van der Waals surface area contributed by atoms with Crippen LogP contribution in [0.25, 0.3) is 0 Å². The normalized spacial score (nSPS) is 28.6. The van der Waals surface area contributed by atoms with Gasteiger partial charge in [-0.15, -0.1) is 0 Å². The Balaban J connectivity index is 2.45. The highest BCUT2D eigenvalue weighted by atomic mass is 15.2. The summed E-state index contributed by atoms with van der Waals surface area (Å²) in [6.45, 7) is 9.35. The van der Waals surface area contributed by atoms with Gasteiger partial charge in [0.25, 0.3) is 0 Å². The van der Waals surface area contributed by atoms with Gasteiger partial charge >= 0.3 is 0 Å². The van der Waals surface area contributed by atoms with Crippen LogP contribution < -0.4 is 0 Å². The smallest absolute Gasteiger partial charge is 0.0485 e. The van der Waals surface area contributed by atoms with Crippen LogP contribution in [0.5, 0.6) is 0 Å². The Hall–Kier alpha value is -0.820. The molecule has 0 bridgehead atoms. The monoisotopic (exact) mass is 245 g/mol. The average Bonchev–Trinajstić information content (AvgIpc) is 2.43. The molecule has 0 amide bonds. The second kappa shape index (κ2) is 5.88. The van der Waals surface area contributed by atoms with Gasteiger partial charge in [0.15, 0.2) is 0 Å². The van der Waals surface area contributed by atoms with Crippen LogP contribution in [-0.2, 0) is 5.54 Å². The maximum absolute atomic E-state index is 2.69. The molecule has 1 nitrogen and oxygen atoms in total. The predicted octanol–water partition coefficient (Wildman–Crippen LogP) is 4.43. The van der Waals surface area contributed by atoms with E-state index in [0.29, 0.717) is 0 Å². The van der Waals surface area contributed by atoms with Crippen molar-refractivity contribution < 1.29 is 0 Å². The van der Waals surface area contributed by atoms with E-state index in [2.05, 4.69) is 56.0 Å². The van der Waals surface area contributed by atoms with Crippen LogP contribution >= 0.6 is 0 Å². The van der Waals surface area contributed by atoms with Gasteiger partial charge in [0, 0.05) is 5.54 Å². The fourth-order valence-electron chi connectivity index (χ4n) is 3.93. The van der Waals surface area contributed by atoms with Gasteiger partial charge in [-0.1, -0.05) is 63.9 Å². The zero-order chi connectivity index (χ0) is 13.0. The quantitative estimate of drug-likeness (QED) is 0.758. The van der Waals surface area contributed by atoms with E-state index in [-0.39, 0.29) is 5.54 Å². The van der Waals surface area contributed by atoms with Crippen LogP contribution in [0.1, 0.15) is 52.0 Å². The Bertz CT molecular complexity index is 355. The van der Waals surface area contributed by atoms with Crippen molar-refractivity contribution in [2.45, 2.75) is 52.0 Å². The minimum Gasteiger partial charge on any atom is -0.294 e. The molecule has 1 aromatic carbocycles. The summed E-state index contributed by atoms with van der Waals surface area (Å²) in [5, 5.41) is 0. The molecular weight excluding hydrogens is 218 g/mol. The molecule has 1 aliphatic carbocycles. The van der Waals surface area contributed by atoms with E-state index in [1.54, 1.807) is 0 Å². The van der Waals surface area contributed by atoms with Crippen molar-refractivity contribution in [3.63, 3.8) is 0 Å². The van der Waals surface area contributed by atoms with E-state index in [0.717, 1.165) is 19.0 Å². The number of benzene rings is 1. The van der Waals surface area contributed by atoms with Crippen LogP contribution in [-0.4, -0.2) is 18.0 Å². The highest BCUT2D eigenvalue weighted by Gasteiger charge is 2.43. The summed E-state index contributed by atoms with van der Waals surface area (Å²) in [5.74, 6) is 0.758. The van der Waals surface area contributed by atoms with Crippen molar-refractivity contribution in [1.82, 2.24) is 4.90 Å². The Morgan fingerprint density at radius 1 is 1.11 bits per heavy atom. The van der Waals surface area contributed by atoms with Gasteiger partial charge in [0.2, 0.25) is 0 Å². The van der Waals surface area contributed by atoms with Crippen molar-refractivity contribution in [1.29, 1.82) is 0 Å². The van der Waals surface area contributed by atoms with Crippen LogP contribution in [0.15, 0.2) is 30.3 Å². The molecule has 1 saturated carbocycles. The van der Waals surface area contributed by atoms with Gasteiger partial charge in [-0.2, -0.15) is 0 Å². The first kappa shape index (κ1) is 13.6. The lowest BCUT2D eigenvalue weighted by atomic mass is 9.68. The molecule has 0 N–H and O–H groups in total. The number of hydrogen-bond donors (Lipinski definition) is 0. The molecule has 18 heavy (non-hydrogen) atoms. The second-order valence-electron chi connectivity index (χ2n) is 5.61. The average molecular weight is 245 g/mol. The summed E-state index contributed by atoms with van der Waals surface area (Å²) in [6.07, 6.45) is 5.46. The predicted molar refractivity (Wildman–Crippen MR) is 78.7 cm³/mol. The van der Waals surface area contributed by atoms with Crippen LogP contribution in [0.2, 0.25) is 0 Å². The summed E-state index contributed by atoms with van der Waals surface area (Å²) in [7, 11) is 0. The molecule has 2 rings (SSSR count). The standard InChI is InChI=1S/C17H27N/c1-4-18(5-2)17(14-10-9-11-15(17)3)16-12-7-6-8-13-16/h6-8,12-13,15H,4-5,9-11,14H2,1-3H3/t15?,17-/m1/s1. The molecule has 2 atom stereocenters. The maximum atomic E-state index is 2.69. The zero-order valence-corrected chi connectivity index (χ0v) is 12.2. The fourth-order valence-corrected chi connectivity index (χ4v) is 3.93. The topological polar surface area (TPSA) is 3.24 Å². The molecule has 100 valence electrons. The summed E-state index contributed by atoms with van der Waals surface area (Å²) in [4.78, 5) is 2.69. The van der Waals surface area contributed by atoms with Crippen molar-refractivity contribution in [2.24, 2.45) is 5.92 Å². The van der Waals surface area contributed by atoms with Gasteiger partial charge in [-0.3, -0.25) is 4.90 Å². The van der Waals surface area contributed by atoms with E-state index < -0.39 is 0 Å². The van der Waals surface area contributed by atoms with Crippen molar-refractivity contribution in [3.05, 3.63) is 35.9 Å². The molecule has 1 aliphatic rings. The van der Waals surface area contributed by atoms with Crippen molar-refractivity contribution >= 4 is 0 Å². The SMILES string of the molecule is CCN(CC)[C@]1(c2ccccc2)CCCCC1C. The summed E-state index contributed by atoms with van der Waals surface area (Å²) in [5.41, 5.74) is 1.81. The molecule has 0 aliphatic heterocycles. The van der Waals surface area contributed by atoms with Gasteiger partial charge in [-0.25, -0.2) is 0 Å². The van der Waals surface area contributed by atoms with Gasteiger partial charge in [0.05, 0.1) is 0 Å². The lowest BCUT2D eigenvalue weighted by Crippen LogP contribution is -2.52. The molecule has 0 aromatic heterocycles. The Kier molecular flexibility index (Phi) is 4.45. The lowest BCUT2D eigenvalue weighted by molar-refractivity contribution is 0.00936. The van der Waals surface area contributed by atoms with E-state index >= 15 is 0 Å². The molecule has 0 spiro atoms. The van der Waals surface area contributed by atoms with Crippen LogP contribution in [0, 0.1) is 5.92 Å². The minimum absolute atomic E-state index is 0.281. The Morgan fingerprint density at radius 2 is 1.78 bits per heavy atom. The first-order chi connectivity index (χ1) is 8.75. The molecule has 0 saturated heterocycles. The number of hydrogen-bond acceptors (Lipinski definition) is 1. The second-order valence-corrected chi connectivity index (χ2v) is 5.61. The molecule has 0 radical (unpaired) electrons. The third-order valence-corrected chi connectivity index (χ3v) is 4.86. The van der Waals surface area contributed by atoms with Crippen molar-refractivity contribution in [2.75, 3.05) is 13.1 Å². The first-order valence-corrected chi connectivity index (χ1v) is 7.56. The molecule has 1 aromatic rings. The summed E-state index contributed by atoms with van der Waals surface area (Å²) < 4.78 is 0. The number of rotatable bonds is 4. The number of nitrogens with zero attached hydrogens (tertiary/aromatic N) is 1. The molecular formula is C17H27N. The summed E-state index contributed by atoms with van der Waals surface area (Å²) in [6, 6.07) is 11.2. The van der Waals surface area contributed by atoms with Crippen molar-refractivity contribution in [3.8, 4) is 0 Å². The van der Waals surface area contributed by atoms with E-state index in [1.807, 2.05) is 0 Å². The molecule has 1 unspecified atom stereocenters. The zero-order valence-electron chi connectivity index (χ0n) is 12.2. The largest absolute Gasteiger partial charge is 0.294 e. The lowest BCUT2D eigenvalue weighted by Gasteiger charge is -2.50. The van der Waals surface area contributed by atoms with Crippen LogP contribution in [0.4, 0.5) is 0 Å². The first-order valence-electron chi connectivity index (χ1n) is 7.56. The van der Waals surface area contributed by atoms with Crippen LogP contribution in [0.3, 0.4) is 0 Å². The molecule has 1 heteroatoms. The highest BCUT2D eigenvalue weighted by molar-refractivity contribution is 5.26.